The first-order chi connectivity index (χ1) is 12.1. The quantitative estimate of drug-likeness (QED) is 0.770. The second kappa shape index (κ2) is 7.81. The van der Waals surface area contributed by atoms with Gasteiger partial charge in [-0.15, -0.1) is 5.10 Å². The van der Waals surface area contributed by atoms with Crippen LogP contribution in [-0.4, -0.2) is 76.7 Å². The second-order valence-electron chi connectivity index (χ2n) is 6.75. The van der Waals surface area contributed by atoms with Crippen molar-refractivity contribution in [3.05, 3.63) is 5.82 Å². The molecule has 1 unspecified atom stereocenters. The standard InChI is InChI=1S/C16H26N6O3/c1-25-9-8-22-10-12(2-3-13(22)23)15(24)21-6-4-11(5-7-21)14-18-16(17)20-19-14/h11-12H,2-10H2,1H3,(H3,17,18,19,20). The average Bonchev–Trinajstić information content (AvgIpc) is 3.07. The molecular weight excluding hydrogens is 324 g/mol. The SMILES string of the molecule is COCCN1CC(C(=O)N2CCC(c3nc(N)n[nH]3)CC2)CCC1=O. The number of carbonyl (C=O) groups is 2. The molecule has 3 N–H and O–H groups in total. The summed E-state index contributed by atoms with van der Waals surface area (Å²) in [6, 6.07) is 0. The van der Waals surface area contributed by atoms with Gasteiger partial charge < -0.3 is 20.3 Å². The Kier molecular flexibility index (Phi) is 5.52. The van der Waals surface area contributed by atoms with Gasteiger partial charge in [-0.05, 0) is 19.3 Å². The summed E-state index contributed by atoms with van der Waals surface area (Å²) in [7, 11) is 1.61. The molecule has 2 aliphatic heterocycles. The summed E-state index contributed by atoms with van der Waals surface area (Å²) in [6.45, 7) is 2.95. The molecule has 3 rings (SSSR count). The second-order valence-corrected chi connectivity index (χ2v) is 6.75. The molecule has 1 aromatic heterocycles. The highest BCUT2D eigenvalue weighted by atomic mass is 16.5. The number of piperidine rings is 2. The van der Waals surface area contributed by atoms with Gasteiger partial charge in [-0.2, -0.15) is 4.98 Å². The van der Waals surface area contributed by atoms with E-state index in [2.05, 4.69) is 15.2 Å². The number of ether oxygens (including phenoxy) is 1. The molecule has 0 spiro atoms. The van der Waals surface area contributed by atoms with Crippen LogP contribution in [0.25, 0.3) is 0 Å². The zero-order valence-corrected chi connectivity index (χ0v) is 14.6. The Balaban J connectivity index is 1.52. The third-order valence-electron chi connectivity index (χ3n) is 5.13. The lowest BCUT2D eigenvalue weighted by Crippen LogP contribution is -2.49. The molecule has 3 heterocycles. The maximum absolute atomic E-state index is 12.8. The summed E-state index contributed by atoms with van der Waals surface area (Å²) in [5, 5.41) is 6.74. The van der Waals surface area contributed by atoms with Gasteiger partial charge >= 0.3 is 0 Å². The fraction of sp³-hybridized carbons (Fsp3) is 0.750. The molecule has 0 radical (unpaired) electrons. The van der Waals surface area contributed by atoms with Crippen molar-refractivity contribution >= 4 is 17.8 Å². The Labute approximate surface area is 146 Å². The van der Waals surface area contributed by atoms with E-state index in [9.17, 15) is 9.59 Å². The molecule has 2 saturated heterocycles. The maximum atomic E-state index is 12.8. The van der Waals surface area contributed by atoms with Crippen LogP contribution in [0.15, 0.2) is 0 Å². The van der Waals surface area contributed by atoms with Crippen molar-refractivity contribution in [1.29, 1.82) is 0 Å². The monoisotopic (exact) mass is 350 g/mol. The number of nitrogens with one attached hydrogen (secondary N) is 1. The lowest BCUT2D eigenvalue weighted by molar-refractivity contribution is -0.144. The van der Waals surface area contributed by atoms with Crippen LogP contribution in [-0.2, 0) is 14.3 Å². The Hall–Kier alpha value is -2.16. The molecule has 9 heteroatoms. The van der Waals surface area contributed by atoms with Gasteiger partial charge in [-0.25, -0.2) is 0 Å². The van der Waals surface area contributed by atoms with E-state index in [1.165, 1.54) is 0 Å². The van der Waals surface area contributed by atoms with Crippen molar-refractivity contribution in [2.75, 3.05) is 45.6 Å². The molecule has 138 valence electrons. The Morgan fingerprint density at radius 3 is 2.76 bits per heavy atom. The molecule has 0 bridgehead atoms. The molecule has 2 fully saturated rings. The third-order valence-corrected chi connectivity index (χ3v) is 5.13. The van der Waals surface area contributed by atoms with E-state index in [-0.39, 0.29) is 29.6 Å². The minimum atomic E-state index is -0.105. The highest BCUT2D eigenvalue weighted by Gasteiger charge is 2.34. The molecule has 0 aliphatic carbocycles. The summed E-state index contributed by atoms with van der Waals surface area (Å²) in [5.41, 5.74) is 5.56. The fourth-order valence-electron chi connectivity index (χ4n) is 3.64. The predicted molar refractivity (Wildman–Crippen MR) is 90.5 cm³/mol. The normalized spacial score (nSPS) is 22.4. The van der Waals surface area contributed by atoms with E-state index in [1.54, 1.807) is 12.0 Å². The summed E-state index contributed by atoms with van der Waals surface area (Å²) < 4.78 is 5.05. The highest BCUT2D eigenvalue weighted by Crippen LogP contribution is 2.28. The predicted octanol–water partition coefficient (Wildman–Crippen LogP) is -0.0221. The van der Waals surface area contributed by atoms with Crippen molar-refractivity contribution in [3.8, 4) is 0 Å². The van der Waals surface area contributed by atoms with Gasteiger partial charge in [-0.1, -0.05) is 0 Å². The van der Waals surface area contributed by atoms with Crippen LogP contribution in [0.2, 0.25) is 0 Å². The number of hydrogen-bond donors (Lipinski definition) is 2. The number of hydrogen-bond acceptors (Lipinski definition) is 6. The van der Waals surface area contributed by atoms with Crippen LogP contribution in [0, 0.1) is 5.92 Å². The summed E-state index contributed by atoms with van der Waals surface area (Å²) in [6.07, 6.45) is 2.77. The number of methoxy groups -OCH3 is 1. The summed E-state index contributed by atoms with van der Waals surface area (Å²) in [5.74, 6) is 1.50. The number of amides is 2. The lowest BCUT2D eigenvalue weighted by atomic mass is 9.92. The topological polar surface area (TPSA) is 117 Å². The van der Waals surface area contributed by atoms with Crippen LogP contribution >= 0.6 is 0 Å². The molecule has 1 atom stereocenters. The molecule has 1 aromatic rings. The molecular formula is C16H26N6O3. The van der Waals surface area contributed by atoms with E-state index < -0.39 is 0 Å². The Morgan fingerprint density at radius 1 is 1.36 bits per heavy atom. The minimum Gasteiger partial charge on any atom is -0.383 e. The third kappa shape index (κ3) is 4.09. The van der Waals surface area contributed by atoms with Crippen molar-refractivity contribution < 1.29 is 14.3 Å². The zero-order chi connectivity index (χ0) is 17.8. The maximum Gasteiger partial charge on any atom is 0.239 e. The van der Waals surface area contributed by atoms with E-state index in [4.69, 9.17) is 10.5 Å². The first-order valence-electron chi connectivity index (χ1n) is 8.81. The highest BCUT2D eigenvalue weighted by molar-refractivity contribution is 5.84. The van der Waals surface area contributed by atoms with Gasteiger partial charge in [0.05, 0.1) is 12.5 Å². The number of aromatic nitrogens is 3. The number of likely N-dealkylation sites (tertiary alicyclic amines) is 2. The van der Waals surface area contributed by atoms with Crippen molar-refractivity contribution in [1.82, 2.24) is 25.0 Å². The van der Waals surface area contributed by atoms with E-state index in [0.29, 0.717) is 45.6 Å². The number of carbonyl (C=O) groups excluding carboxylic acids is 2. The number of nitrogen functional groups attached to an aromatic ring is 1. The van der Waals surface area contributed by atoms with Gasteiger partial charge in [0.1, 0.15) is 5.82 Å². The molecule has 0 aromatic carbocycles. The lowest BCUT2D eigenvalue weighted by Gasteiger charge is -2.37. The van der Waals surface area contributed by atoms with Crippen molar-refractivity contribution in [2.24, 2.45) is 5.92 Å². The minimum absolute atomic E-state index is 0.105. The van der Waals surface area contributed by atoms with Gasteiger partial charge in [0, 0.05) is 45.6 Å². The number of H-pyrrole nitrogens is 1. The van der Waals surface area contributed by atoms with Gasteiger partial charge in [0.15, 0.2) is 0 Å². The molecule has 2 amide bonds. The van der Waals surface area contributed by atoms with Gasteiger partial charge in [0.2, 0.25) is 17.8 Å². The number of nitrogens with zero attached hydrogens (tertiary/aromatic N) is 4. The average molecular weight is 350 g/mol. The van der Waals surface area contributed by atoms with Gasteiger partial charge in [0.25, 0.3) is 0 Å². The number of aromatic amines is 1. The fourth-order valence-corrected chi connectivity index (χ4v) is 3.64. The van der Waals surface area contributed by atoms with Crippen LogP contribution in [0.4, 0.5) is 5.95 Å². The molecule has 9 nitrogen and oxygen atoms in total. The Morgan fingerprint density at radius 2 is 2.12 bits per heavy atom. The van der Waals surface area contributed by atoms with E-state index in [0.717, 1.165) is 18.7 Å². The van der Waals surface area contributed by atoms with Crippen LogP contribution < -0.4 is 5.73 Å². The number of nitrogens with two attached hydrogens (primary N) is 1. The smallest absolute Gasteiger partial charge is 0.239 e. The molecule has 0 saturated carbocycles. The molecule has 2 aliphatic rings. The van der Waals surface area contributed by atoms with Crippen LogP contribution in [0.3, 0.4) is 0 Å². The van der Waals surface area contributed by atoms with Crippen LogP contribution in [0.1, 0.15) is 37.4 Å². The molecule has 25 heavy (non-hydrogen) atoms. The van der Waals surface area contributed by atoms with Crippen molar-refractivity contribution in [3.63, 3.8) is 0 Å². The van der Waals surface area contributed by atoms with E-state index >= 15 is 0 Å². The van der Waals surface area contributed by atoms with Crippen molar-refractivity contribution in [2.45, 2.75) is 31.6 Å². The first-order valence-corrected chi connectivity index (χ1v) is 8.81. The van der Waals surface area contributed by atoms with Crippen LogP contribution in [0.5, 0.6) is 0 Å². The number of anilines is 1. The zero-order valence-electron chi connectivity index (χ0n) is 14.6. The first kappa shape index (κ1) is 17.7. The number of rotatable bonds is 5. The summed E-state index contributed by atoms with van der Waals surface area (Å²) >= 11 is 0. The Bertz CT molecular complexity index is 611. The van der Waals surface area contributed by atoms with E-state index in [1.807, 2.05) is 4.90 Å². The largest absolute Gasteiger partial charge is 0.383 e. The summed E-state index contributed by atoms with van der Waals surface area (Å²) in [4.78, 5) is 32.7. The van der Waals surface area contributed by atoms with Gasteiger partial charge in [-0.3, -0.25) is 14.7 Å².